The van der Waals surface area contributed by atoms with Crippen LogP contribution in [0.3, 0.4) is 0 Å². The zero-order valence-electron chi connectivity index (χ0n) is 12.1. The molecule has 1 heterocycles. The van der Waals surface area contributed by atoms with Crippen molar-refractivity contribution in [1.82, 2.24) is 0 Å². The number of fused-ring (bicyclic) bond motifs is 1. The lowest BCUT2D eigenvalue weighted by Gasteiger charge is -2.06. The number of thiophene rings is 1. The van der Waals surface area contributed by atoms with Crippen molar-refractivity contribution in [2.24, 2.45) is 0 Å². The van der Waals surface area contributed by atoms with Gasteiger partial charge in [-0.05, 0) is 47.9 Å². The molecule has 0 N–H and O–H groups in total. The molecule has 1 aliphatic carbocycles. The number of aryl methyl sites for hydroxylation is 2. The number of ketones is 1. The summed E-state index contributed by atoms with van der Waals surface area (Å²) in [5.41, 5.74) is 3.86. The van der Waals surface area contributed by atoms with Gasteiger partial charge in [-0.25, -0.2) is 0 Å². The van der Waals surface area contributed by atoms with Gasteiger partial charge in [0.25, 0.3) is 0 Å². The Kier molecular flexibility index (Phi) is 3.75. The van der Waals surface area contributed by atoms with Crippen molar-refractivity contribution in [3.8, 4) is 0 Å². The smallest absolute Gasteiger partial charge is 0.177 e. The van der Waals surface area contributed by atoms with E-state index >= 15 is 0 Å². The van der Waals surface area contributed by atoms with Gasteiger partial charge in [-0.3, -0.25) is 4.79 Å². The summed E-state index contributed by atoms with van der Waals surface area (Å²) in [6.45, 7) is 4.38. The Hall–Kier alpha value is -1.41. The number of hydrogen-bond donors (Lipinski definition) is 0. The van der Waals surface area contributed by atoms with Crippen molar-refractivity contribution in [2.75, 3.05) is 0 Å². The van der Waals surface area contributed by atoms with E-state index in [4.69, 9.17) is 0 Å². The van der Waals surface area contributed by atoms with E-state index in [-0.39, 0.29) is 5.78 Å². The van der Waals surface area contributed by atoms with Crippen molar-refractivity contribution >= 4 is 17.1 Å². The van der Waals surface area contributed by atoms with Gasteiger partial charge in [-0.15, -0.1) is 11.3 Å². The molecule has 2 heteroatoms. The van der Waals surface area contributed by atoms with Crippen LogP contribution < -0.4 is 0 Å². The minimum Gasteiger partial charge on any atom is -0.293 e. The zero-order valence-corrected chi connectivity index (χ0v) is 12.9. The topological polar surface area (TPSA) is 17.1 Å². The average Bonchev–Trinajstić information content (AvgIpc) is 2.99. The van der Waals surface area contributed by atoms with Crippen molar-refractivity contribution in [3.63, 3.8) is 0 Å². The van der Waals surface area contributed by atoms with Gasteiger partial charge in [0, 0.05) is 11.3 Å². The molecule has 1 aromatic heterocycles. The second-order valence-corrected chi connectivity index (χ2v) is 7.05. The zero-order chi connectivity index (χ0) is 14.1. The van der Waals surface area contributed by atoms with Crippen LogP contribution in [0.4, 0.5) is 0 Å². The Balaban J connectivity index is 1.71. The Morgan fingerprint density at radius 3 is 2.60 bits per heavy atom. The van der Waals surface area contributed by atoms with Crippen LogP contribution in [-0.2, 0) is 19.3 Å². The lowest BCUT2D eigenvalue weighted by atomic mass is 10.00. The molecule has 3 rings (SSSR count). The molecule has 0 radical (unpaired) electrons. The minimum atomic E-state index is 0.265. The third kappa shape index (κ3) is 2.71. The quantitative estimate of drug-likeness (QED) is 0.738. The van der Waals surface area contributed by atoms with Crippen LogP contribution in [0.15, 0.2) is 30.3 Å². The fourth-order valence-corrected chi connectivity index (χ4v) is 3.95. The summed E-state index contributed by atoms with van der Waals surface area (Å²) in [4.78, 5) is 14.7. The van der Waals surface area contributed by atoms with E-state index in [2.05, 4.69) is 44.2 Å². The fourth-order valence-electron chi connectivity index (χ4n) is 2.76. The van der Waals surface area contributed by atoms with Crippen molar-refractivity contribution < 1.29 is 4.79 Å². The number of rotatable bonds is 4. The van der Waals surface area contributed by atoms with E-state index < -0.39 is 0 Å². The van der Waals surface area contributed by atoms with Gasteiger partial charge >= 0.3 is 0 Å². The normalized spacial score (nSPS) is 13.8. The molecule has 104 valence electrons. The molecule has 20 heavy (non-hydrogen) atoms. The second-order valence-electron chi connectivity index (χ2n) is 5.91. The van der Waals surface area contributed by atoms with E-state index in [0.29, 0.717) is 12.3 Å². The number of benzene rings is 1. The first-order valence-electron chi connectivity index (χ1n) is 7.37. The Morgan fingerprint density at radius 2 is 1.95 bits per heavy atom. The predicted octanol–water partition coefficient (Wildman–Crippen LogP) is 4.79. The molecule has 0 aliphatic heterocycles. The van der Waals surface area contributed by atoms with Crippen LogP contribution >= 0.6 is 11.3 Å². The summed E-state index contributed by atoms with van der Waals surface area (Å²) in [5, 5.41) is 0. The van der Waals surface area contributed by atoms with Gasteiger partial charge < -0.3 is 0 Å². The van der Waals surface area contributed by atoms with E-state index in [0.717, 1.165) is 23.3 Å². The Labute approximate surface area is 124 Å². The first-order valence-corrected chi connectivity index (χ1v) is 8.19. The van der Waals surface area contributed by atoms with Crippen LogP contribution in [0.2, 0.25) is 0 Å². The van der Waals surface area contributed by atoms with Gasteiger partial charge in [0.15, 0.2) is 5.78 Å². The number of hydrogen-bond acceptors (Lipinski definition) is 2. The highest BCUT2D eigenvalue weighted by atomic mass is 32.1. The maximum atomic E-state index is 12.3. The maximum Gasteiger partial charge on any atom is 0.177 e. The largest absolute Gasteiger partial charge is 0.293 e. The summed E-state index contributed by atoms with van der Waals surface area (Å²) >= 11 is 1.71. The average molecular weight is 284 g/mol. The lowest BCUT2D eigenvalue weighted by Crippen LogP contribution is -2.01. The third-order valence-corrected chi connectivity index (χ3v) is 5.31. The van der Waals surface area contributed by atoms with Crippen LogP contribution in [0.5, 0.6) is 0 Å². The van der Waals surface area contributed by atoms with Crippen LogP contribution in [0, 0.1) is 0 Å². The van der Waals surface area contributed by atoms with Gasteiger partial charge in [-0.2, -0.15) is 0 Å². The molecule has 0 bridgehead atoms. The molecule has 0 unspecified atom stereocenters. The van der Waals surface area contributed by atoms with Gasteiger partial charge in [0.2, 0.25) is 0 Å². The molecule has 0 amide bonds. The van der Waals surface area contributed by atoms with E-state index in [1.54, 1.807) is 11.3 Å². The van der Waals surface area contributed by atoms with E-state index in [9.17, 15) is 4.79 Å². The predicted molar refractivity (Wildman–Crippen MR) is 84.9 cm³/mol. The molecular formula is C18H20OS. The molecule has 1 aromatic carbocycles. The maximum absolute atomic E-state index is 12.3. The van der Waals surface area contributed by atoms with Gasteiger partial charge in [0.1, 0.15) is 0 Å². The summed E-state index contributed by atoms with van der Waals surface area (Å²) < 4.78 is 0. The monoisotopic (exact) mass is 284 g/mol. The molecule has 2 aromatic rings. The van der Waals surface area contributed by atoms with Gasteiger partial charge in [0.05, 0.1) is 4.88 Å². The number of carbonyl (C=O) groups is 1. The van der Waals surface area contributed by atoms with Crippen molar-refractivity contribution in [1.29, 1.82) is 0 Å². The van der Waals surface area contributed by atoms with Crippen LogP contribution in [0.1, 0.15) is 57.4 Å². The van der Waals surface area contributed by atoms with Crippen molar-refractivity contribution in [3.05, 3.63) is 56.8 Å². The van der Waals surface area contributed by atoms with Gasteiger partial charge in [-0.1, -0.05) is 38.1 Å². The SMILES string of the molecule is CC(C)c1ccc(CC(=O)c2cc3c(s2)CCC3)cc1. The number of carbonyl (C=O) groups excluding carboxylic acids is 1. The standard InChI is InChI=1S/C18H20OS/c1-12(2)14-8-6-13(7-9-14)10-16(19)18-11-15-4-3-5-17(15)20-18/h6-9,11-12H,3-5,10H2,1-2H3. The number of Topliss-reactive ketones (excluding diaryl/α,β-unsaturated/α-hetero) is 1. The molecule has 0 atom stereocenters. The molecular weight excluding hydrogens is 264 g/mol. The minimum absolute atomic E-state index is 0.265. The van der Waals surface area contributed by atoms with E-state index in [1.807, 2.05) is 0 Å². The van der Waals surface area contributed by atoms with Crippen LogP contribution in [0.25, 0.3) is 0 Å². The summed E-state index contributed by atoms with van der Waals surface area (Å²) in [7, 11) is 0. The second kappa shape index (κ2) is 5.53. The van der Waals surface area contributed by atoms with E-state index in [1.165, 1.54) is 22.4 Å². The molecule has 0 saturated carbocycles. The molecule has 0 spiro atoms. The Morgan fingerprint density at radius 1 is 1.20 bits per heavy atom. The highest BCUT2D eigenvalue weighted by molar-refractivity contribution is 7.14. The Bertz CT molecular complexity index is 598. The summed E-state index contributed by atoms with van der Waals surface area (Å²) in [5.74, 6) is 0.807. The molecule has 0 saturated heterocycles. The first-order chi connectivity index (χ1) is 9.63. The van der Waals surface area contributed by atoms with Crippen LogP contribution in [-0.4, -0.2) is 5.78 Å². The molecule has 1 aliphatic rings. The fraction of sp³-hybridized carbons (Fsp3) is 0.389. The molecule has 0 fully saturated rings. The summed E-state index contributed by atoms with van der Waals surface area (Å²) in [6.07, 6.45) is 4.10. The molecule has 1 nitrogen and oxygen atoms in total. The highest BCUT2D eigenvalue weighted by Gasteiger charge is 2.18. The first kappa shape index (κ1) is 13.6. The third-order valence-electron chi connectivity index (χ3n) is 4.03. The lowest BCUT2D eigenvalue weighted by molar-refractivity contribution is 0.0997. The summed E-state index contributed by atoms with van der Waals surface area (Å²) in [6, 6.07) is 10.6. The van der Waals surface area contributed by atoms with Crippen molar-refractivity contribution in [2.45, 2.75) is 45.4 Å². The highest BCUT2D eigenvalue weighted by Crippen LogP contribution is 2.31.